The first-order chi connectivity index (χ1) is 8.31. The van der Waals surface area contributed by atoms with E-state index in [0.717, 1.165) is 24.2 Å². The van der Waals surface area contributed by atoms with E-state index in [2.05, 4.69) is 27.7 Å². The molecule has 0 saturated carbocycles. The largest absolute Gasteiger partial charge is 0.352 e. The van der Waals surface area contributed by atoms with E-state index in [1.54, 1.807) is 6.07 Å². The number of benzene rings is 1. The zero-order valence-corrected chi connectivity index (χ0v) is 11.5. The zero-order valence-electron chi connectivity index (χ0n) is 11.5. The molecule has 1 aromatic rings. The molecule has 2 nitrogen and oxygen atoms in total. The van der Waals surface area contributed by atoms with Gasteiger partial charge in [0.15, 0.2) is 0 Å². The number of rotatable bonds is 3. The lowest BCUT2D eigenvalue weighted by Crippen LogP contribution is -2.37. The van der Waals surface area contributed by atoms with Gasteiger partial charge in [-0.2, -0.15) is 0 Å². The second-order valence-corrected chi connectivity index (χ2v) is 6.15. The highest BCUT2D eigenvalue weighted by Gasteiger charge is 2.31. The summed E-state index contributed by atoms with van der Waals surface area (Å²) in [7, 11) is 0. The van der Waals surface area contributed by atoms with E-state index in [1.807, 2.05) is 4.90 Å². The van der Waals surface area contributed by atoms with Crippen LogP contribution in [0.25, 0.3) is 0 Å². The molecule has 0 aromatic heterocycles. The highest BCUT2D eigenvalue weighted by molar-refractivity contribution is 6.00. The number of nitrogens with zero attached hydrogens (tertiary/aromatic N) is 1. The maximum atomic E-state index is 13.2. The second-order valence-electron chi connectivity index (χ2n) is 6.15. The van der Waals surface area contributed by atoms with E-state index in [4.69, 9.17) is 5.41 Å². The molecule has 0 aliphatic carbocycles. The first-order valence-electron chi connectivity index (χ1n) is 6.43. The van der Waals surface area contributed by atoms with Crippen LogP contribution in [-0.2, 0) is 6.54 Å². The predicted molar refractivity (Wildman–Crippen MR) is 72.3 cm³/mol. The SMILES string of the molecule is CC(C)C(C)(C)CN1Cc2ccc(F)cc2C1=N. The molecule has 1 aromatic carbocycles. The Bertz CT molecular complexity index is 477. The van der Waals surface area contributed by atoms with E-state index in [1.165, 1.54) is 12.1 Å². The molecule has 0 fully saturated rings. The van der Waals surface area contributed by atoms with Crippen molar-refractivity contribution < 1.29 is 4.39 Å². The van der Waals surface area contributed by atoms with Crippen molar-refractivity contribution in [3.05, 3.63) is 35.1 Å². The Morgan fingerprint density at radius 3 is 2.67 bits per heavy atom. The summed E-state index contributed by atoms with van der Waals surface area (Å²) in [4.78, 5) is 2.05. The molecular formula is C15H21FN2. The van der Waals surface area contributed by atoms with Gasteiger partial charge in [0.2, 0.25) is 0 Å². The monoisotopic (exact) mass is 248 g/mol. The van der Waals surface area contributed by atoms with Crippen LogP contribution in [0.5, 0.6) is 0 Å². The zero-order chi connectivity index (χ0) is 13.5. The third kappa shape index (κ3) is 2.26. The van der Waals surface area contributed by atoms with Crippen molar-refractivity contribution in [1.29, 1.82) is 5.41 Å². The quantitative estimate of drug-likeness (QED) is 0.868. The molecule has 0 amide bonds. The molecule has 2 rings (SSSR count). The van der Waals surface area contributed by atoms with Crippen molar-refractivity contribution in [3.8, 4) is 0 Å². The summed E-state index contributed by atoms with van der Waals surface area (Å²) in [5, 5.41) is 8.16. The molecule has 0 unspecified atom stereocenters. The van der Waals surface area contributed by atoms with Crippen LogP contribution in [0.15, 0.2) is 18.2 Å². The fourth-order valence-corrected chi connectivity index (χ4v) is 2.17. The normalized spacial score (nSPS) is 15.4. The Balaban J connectivity index is 2.20. The minimum Gasteiger partial charge on any atom is -0.352 e. The van der Waals surface area contributed by atoms with Gasteiger partial charge < -0.3 is 4.90 Å². The van der Waals surface area contributed by atoms with Gasteiger partial charge in [0.1, 0.15) is 11.7 Å². The molecule has 0 saturated heterocycles. The van der Waals surface area contributed by atoms with Gasteiger partial charge in [-0.3, -0.25) is 5.41 Å². The Labute approximate surface area is 108 Å². The maximum Gasteiger partial charge on any atom is 0.128 e. The Morgan fingerprint density at radius 1 is 1.39 bits per heavy atom. The first-order valence-corrected chi connectivity index (χ1v) is 6.43. The predicted octanol–water partition coefficient (Wildman–Crippen LogP) is 3.65. The maximum absolute atomic E-state index is 13.2. The van der Waals surface area contributed by atoms with Gasteiger partial charge in [0.25, 0.3) is 0 Å². The first kappa shape index (κ1) is 13.1. The molecule has 18 heavy (non-hydrogen) atoms. The third-order valence-electron chi connectivity index (χ3n) is 4.17. The van der Waals surface area contributed by atoms with Crippen LogP contribution in [-0.4, -0.2) is 17.3 Å². The summed E-state index contributed by atoms with van der Waals surface area (Å²) in [5.74, 6) is 0.743. The Kier molecular flexibility index (Phi) is 3.18. The summed E-state index contributed by atoms with van der Waals surface area (Å²) in [6, 6.07) is 4.74. The van der Waals surface area contributed by atoms with Crippen LogP contribution in [0.3, 0.4) is 0 Å². The fourth-order valence-electron chi connectivity index (χ4n) is 2.17. The number of halogens is 1. The molecule has 3 heteroatoms. The molecule has 0 spiro atoms. The minimum absolute atomic E-state index is 0.146. The van der Waals surface area contributed by atoms with Gasteiger partial charge in [0, 0.05) is 18.7 Å². The summed E-state index contributed by atoms with van der Waals surface area (Å²) < 4.78 is 13.2. The van der Waals surface area contributed by atoms with Gasteiger partial charge in [-0.05, 0) is 29.0 Å². The molecule has 0 radical (unpaired) electrons. The van der Waals surface area contributed by atoms with Crippen molar-refractivity contribution in [1.82, 2.24) is 4.90 Å². The number of amidine groups is 1. The van der Waals surface area contributed by atoms with Crippen LogP contribution < -0.4 is 0 Å². The minimum atomic E-state index is -0.261. The van der Waals surface area contributed by atoms with E-state index in [0.29, 0.717) is 11.8 Å². The molecular weight excluding hydrogens is 227 g/mol. The number of fused-ring (bicyclic) bond motifs is 1. The van der Waals surface area contributed by atoms with E-state index in [9.17, 15) is 4.39 Å². The van der Waals surface area contributed by atoms with Crippen LogP contribution in [0.4, 0.5) is 4.39 Å². The fraction of sp³-hybridized carbons (Fsp3) is 0.533. The number of hydrogen-bond acceptors (Lipinski definition) is 1. The van der Waals surface area contributed by atoms with Crippen LogP contribution in [0.1, 0.15) is 38.8 Å². The lowest BCUT2D eigenvalue weighted by atomic mass is 9.81. The van der Waals surface area contributed by atoms with Gasteiger partial charge >= 0.3 is 0 Å². The third-order valence-corrected chi connectivity index (χ3v) is 4.17. The summed E-state index contributed by atoms with van der Waals surface area (Å²) >= 11 is 0. The summed E-state index contributed by atoms with van der Waals surface area (Å²) in [6.45, 7) is 10.4. The highest BCUT2D eigenvalue weighted by Crippen LogP contribution is 2.31. The standard InChI is InChI=1S/C15H21FN2/c1-10(2)15(3,4)9-18-8-11-5-6-12(16)7-13(11)14(18)17/h5-7,10,17H,8-9H2,1-4H3. The van der Waals surface area contributed by atoms with Crippen LogP contribution in [0.2, 0.25) is 0 Å². The van der Waals surface area contributed by atoms with Gasteiger partial charge in [-0.15, -0.1) is 0 Å². The van der Waals surface area contributed by atoms with E-state index >= 15 is 0 Å². The van der Waals surface area contributed by atoms with Crippen molar-refractivity contribution in [2.75, 3.05) is 6.54 Å². The molecule has 1 heterocycles. The van der Waals surface area contributed by atoms with Crippen LogP contribution in [0, 0.1) is 22.6 Å². The van der Waals surface area contributed by atoms with Crippen molar-refractivity contribution in [2.24, 2.45) is 11.3 Å². The lowest BCUT2D eigenvalue weighted by molar-refractivity contribution is 0.183. The van der Waals surface area contributed by atoms with E-state index < -0.39 is 0 Å². The Hall–Kier alpha value is -1.38. The average molecular weight is 248 g/mol. The second kappa shape index (κ2) is 4.38. The molecule has 98 valence electrons. The van der Waals surface area contributed by atoms with Gasteiger partial charge in [-0.1, -0.05) is 33.8 Å². The van der Waals surface area contributed by atoms with Gasteiger partial charge in [-0.25, -0.2) is 4.39 Å². The highest BCUT2D eigenvalue weighted by atomic mass is 19.1. The topological polar surface area (TPSA) is 27.1 Å². The van der Waals surface area contributed by atoms with Crippen molar-refractivity contribution >= 4 is 5.84 Å². The average Bonchev–Trinajstić information content (AvgIpc) is 2.56. The van der Waals surface area contributed by atoms with Crippen LogP contribution >= 0.6 is 0 Å². The summed E-state index contributed by atoms with van der Waals surface area (Å²) in [5.41, 5.74) is 1.95. The van der Waals surface area contributed by atoms with E-state index in [-0.39, 0.29) is 11.2 Å². The number of nitrogens with one attached hydrogen (secondary N) is 1. The summed E-state index contributed by atoms with van der Waals surface area (Å²) in [6.07, 6.45) is 0. The molecule has 0 atom stereocenters. The molecule has 0 bridgehead atoms. The lowest BCUT2D eigenvalue weighted by Gasteiger charge is -2.34. The van der Waals surface area contributed by atoms with Crippen molar-refractivity contribution in [3.63, 3.8) is 0 Å². The van der Waals surface area contributed by atoms with Crippen molar-refractivity contribution in [2.45, 2.75) is 34.2 Å². The molecule has 1 aliphatic rings. The van der Waals surface area contributed by atoms with Gasteiger partial charge in [0.05, 0.1) is 0 Å². The molecule has 1 N–H and O–H groups in total. The number of hydrogen-bond donors (Lipinski definition) is 1. The Morgan fingerprint density at radius 2 is 2.06 bits per heavy atom. The molecule has 1 aliphatic heterocycles. The smallest absolute Gasteiger partial charge is 0.128 e.